The second-order valence-electron chi connectivity index (χ2n) is 9.55. The highest BCUT2D eigenvalue weighted by molar-refractivity contribution is 5.99. The lowest BCUT2D eigenvalue weighted by Crippen LogP contribution is -2.46. The molecule has 3 aromatic heterocycles. The summed E-state index contributed by atoms with van der Waals surface area (Å²) in [7, 11) is 0. The molecule has 0 bridgehead atoms. The number of ketones is 1. The molecule has 2 fully saturated rings. The van der Waals surface area contributed by atoms with Gasteiger partial charge in [-0.1, -0.05) is 12.8 Å². The zero-order chi connectivity index (χ0) is 25.2. The van der Waals surface area contributed by atoms with E-state index in [9.17, 15) is 9.59 Å². The zero-order valence-electron chi connectivity index (χ0n) is 20.7. The van der Waals surface area contributed by atoms with Crippen LogP contribution in [-0.4, -0.2) is 62.9 Å². The average molecular weight is 487 g/mol. The largest absolute Gasteiger partial charge is 0.368 e. The van der Waals surface area contributed by atoms with Crippen molar-refractivity contribution in [2.75, 3.05) is 42.9 Å². The lowest BCUT2D eigenvalue weighted by atomic mass is 10.0. The third kappa shape index (κ3) is 4.54. The first-order chi connectivity index (χ1) is 17.5. The molecule has 10 heteroatoms. The molecule has 10 nitrogen and oxygen atoms in total. The van der Waals surface area contributed by atoms with Gasteiger partial charge in [-0.15, -0.1) is 0 Å². The highest BCUT2D eigenvalue weighted by Crippen LogP contribution is 2.32. The Hall–Kier alpha value is -3.84. The average Bonchev–Trinajstić information content (AvgIpc) is 3.39. The Morgan fingerprint density at radius 3 is 2.53 bits per heavy atom. The lowest BCUT2D eigenvalue weighted by Gasteiger charge is -2.34. The number of pyridine rings is 2. The van der Waals surface area contributed by atoms with E-state index in [0.717, 1.165) is 62.9 Å². The van der Waals surface area contributed by atoms with E-state index in [1.807, 2.05) is 18.3 Å². The van der Waals surface area contributed by atoms with Gasteiger partial charge >= 0.3 is 0 Å². The molecule has 1 saturated carbocycles. The Kier molecular flexibility index (Phi) is 6.65. The van der Waals surface area contributed by atoms with Gasteiger partial charge in [0.05, 0.1) is 30.1 Å². The van der Waals surface area contributed by atoms with Crippen molar-refractivity contribution < 1.29 is 4.79 Å². The standard InChI is InChI=1S/C26H30N8O2/c1-17-21-16-29-26(31-24(21)34(19-5-3-4-6-19)25(36)23(17)18(2)35)30-22-8-7-20(15-28-22)33-13-11-32(10-9-27)12-14-33/h7-8,15-16,19H,3-6,10-14H2,1-2H3,(H,28,29,30,31). The summed E-state index contributed by atoms with van der Waals surface area (Å²) in [5.74, 6) is 0.728. The van der Waals surface area contributed by atoms with E-state index in [1.165, 1.54) is 6.92 Å². The number of nitrogens with zero attached hydrogens (tertiary/aromatic N) is 7. The summed E-state index contributed by atoms with van der Waals surface area (Å²) >= 11 is 0. The molecule has 0 aromatic carbocycles. The van der Waals surface area contributed by atoms with Crippen LogP contribution >= 0.6 is 0 Å². The van der Waals surface area contributed by atoms with Gasteiger partial charge in [0.2, 0.25) is 5.95 Å². The SMILES string of the molecule is CC(=O)c1c(C)c2cnc(Nc3ccc(N4CCN(CC#N)CC4)cn3)nc2n(C2CCCC2)c1=O. The van der Waals surface area contributed by atoms with E-state index >= 15 is 0 Å². The molecule has 1 saturated heterocycles. The molecule has 5 rings (SSSR count). The molecule has 36 heavy (non-hydrogen) atoms. The van der Waals surface area contributed by atoms with Crippen LogP contribution in [0.4, 0.5) is 17.5 Å². The van der Waals surface area contributed by atoms with Crippen molar-refractivity contribution in [3.05, 3.63) is 46.0 Å². The predicted molar refractivity (Wildman–Crippen MR) is 138 cm³/mol. The molecule has 0 amide bonds. The number of Topliss-reactive ketones (excluding diaryl/α,β-unsaturated/α-hetero) is 1. The highest BCUT2D eigenvalue weighted by atomic mass is 16.1. The second-order valence-corrected chi connectivity index (χ2v) is 9.55. The molecule has 0 spiro atoms. The monoisotopic (exact) mass is 486 g/mol. The zero-order valence-corrected chi connectivity index (χ0v) is 20.7. The molecule has 4 heterocycles. The van der Waals surface area contributed by atoms with Gasteiger partial charge in [0.15, 0.2) is 5.78 Å². The Labute approximate surface area is 209 Å². The first kappa shape index (κ1) is 23.9. The number of nitrogens with one attached hydrogen (secondary N) is 1. The van der Waals surface area contributed by atoms with Gasteiger partial charge in [0, 0.05) is 43.8 Å². The summed E-state index contributed by atoms with van der Waals surface area (Å²) in [5, 5.41) is 12.8. The van der Waals surface area contributed by atoms with Gasteiger partial charge < -0.3 is 10.2 Å². The fraction of sp³-hybridized carbons (Fsp3) is 0.462. The van der Waals surface area contributed by atoms with Crippen molar-refractivity contribution in [3.63, 3.8) is 0 Å². The fourth-order valence-corrected chi connectivity index (χ4v) is 5.33. The molecule has 0 unspecified atom stereocenters. The van der Waals surface area contributed by atoms with Crippen LogP contribution in [0.15, 0.2) is 29.3 Å². The van der Waals surface area contributed by atoms with E-state index in [2.05, 4.69) is 31.2 Å². The summed E-state index contributed by atoms with van der Waals surface area (Å²) in [4.78, 5) is 43.8. The van der Waals surface area contributed by atoms with Crippen LogP contribution < -0.4 is 15.8 Å². The molecular formula is C26H30N8O2. The van der Waals surface area contributed by atoms with Crippen molar-refractivity contribution >= 4 is 34.3 Å². The van der Waals surface area contributed by atoms with Crippen LogP contribution in [0.2, 0.25) is 0 Å². The van der Waals surface area contributed by atoms with E-state index in [0.29, 0.717) is 29.5 Å². The smallest absolute Gasteiger partial charge is 0.263 e. The van der Waals surface area contributed by atoms with Crippen LogP contribution in [0.5, 0.6) is 0 Å². The lowest BCUT2D eigenvalue weighted by molar-refractivity contribution is 0.101. The predicted octanol–water partition coefficient (Wildman–Crippen LogP) is 3.20. The van der Waals surface area contributed by atoms with Crippen LogP contribution in [0.25, 0.3) is 11.0 Å². The summed E-state index contributed by atoms with van der Waals surface area (Å²) < 4.78 is 1.71. The highest BCUT2D eigenvalue weighted by Gasteiger charge is 2.26. The number of rotatable bonds is 6. The first-order valence-electron chi connectivity index (χ1n) is 12.5. The number of piperazine rings is 1. The maximum absolute atomic E-state index is 13.4. The van der Waals surface area contributed by atoms with Crippen LogP contribution in [0.1, 0.15) is 54.6 Å². The first-order valence-corrected chi connectivity index (χ1v) is 12.5. The topological polar surface area (TPSA) is 120 Å². The van der Waals surface area contributed by atoms with Crippen LogP contribution in [0.3, 0.4) is 0 Å². The van der Waals surface area contributed by atoms with E-state index in [1.54, 1.807) is 17.7 Å². The molecule has 186 valence electrons. The Balaban J connectivity index is 1.42. The van der Waals surface area contributed by atoms with Gasteiger partial charge in [0.25, 0.3) is 5.56 Å². The van der Waals surface area contributed by atoms with Gasteiger partial charge in [-0.3, -0.25) is 19.1 Å². The van der Waals surface area contributed by atoms with Gasteiger partial charge in [-0.25, -0.2) is 9.97 Å². The van der Waals surface area contributed by atoms with Crippen molar-refractivity contribution in [1.82, 2.24) is 24.4 Å². The van der Waals surface area contributed by atoms with Crippen LogP contribution in [0, 0.1) is 18.3 Å². The maximum Gasteiger partial charge on any atom is 0.263 e. The number of fused-ring (bicyclic) bond motifs is 1. The van der Waals surface area contributed by atoms with Gasteiger partial charge in [-0.2, -0.15) is 10.2 Å². The minimum atomic E-state index is -0.263. The minimum Gasteiger partial charge on any atom is -0.368 e. The van der Waals surface area contributed by atoms with Crippen molar-refractivity contribution in [3.8, 4) is 6.07 Å². The van der Waals surface area contributed by atoms with Crippen molar-refractivity contribution in [2.24, 2.45) is 0 Å². The van der Waals surface area contributed by atoms with Crippen molar-refractivity contribution in [2.45, 2.75) is 45.6 Å². The maximum atomic E-state index is 13.4. The third-order valence-electron chi connectivity index (χ3n) is 7.27. The summed E-state index contributed by atoms with van der Waals surface area (Å²) in [6, 6.07) is 6.14. The van der Waals surface area contributed by atoms with E-state index < -0.39 is 0 Å². The quantitative estimate of drug-likeness (QED) is 0.414. The van der Waals surface area contributed by atoms with Crippen molar-refractivity contribution in [1.29, 1.82) is 5.26 Å². The summed E-state index contributed by atoms with van der Waals surface area (Å²) in [6.45, 7) is 7.10. The number of aryl methyl sites for hydroxylation is 1. The molecular weight excluding hydrogens is 456 g/mol. The Bertz CT molecular complexity index is 1380. The summed E-state index contributed by atoms with van der Waals surface area (Å²) in [5.41, 5.74) is 2.17. The second kappa shape index (κ2) is 10.0. The number of anilines is 3. The van der Waals surface area contributed by atoms with Gasteiger partial charge in [0.1, 0.15) is 11.5 Å². The fourth-order valence-electron chi connectivity index (χ4n) is 5.33. The minimum absolute atomic E-state index is 0.0347. The molecule has 1 aliphatic carbocycles. The third-order valence-corrected chi connectivity index (χ3v) is 7.27. The number of carbonyl (C=O) groups excluding carboxylic acids is 1. The number of hydrogen-bond acceptors (Lipinski definition) is 9. The van der Waals surface area contributed by atoms with Crippen LogP contribution in [-0.2, 0) is 0 Å². The van der Waals surface area contributed by atoms with Gasteiger partial charge in [-0.05, 0) is 44.4 Å². The number of aromatic nitrogens is 4. The Morgan fingerprint density at radius 1 is 1.14 bits per heavy atom. The molecule has 1 N–H and O–H groups in total. The molecule has 2 aliphatic rings. The number of hydrogen-bond donors (Lipinski definition) is 1. The molecule has 0 radical (unpaired) electrons. The summed E-state index contributed by atoms with van der Waals surface area (Å²) in [6.07, 6.45) is 7.42. The number of nitriles is 1. The van der Waals surface area contributed by atoms with E-state index in [4.69, 9.17) is 10.2 Å². The van der Waals surface area contributed by atoms with E-state index in [-0.39, 0.29) is 22.9 Å². The number of carbonyl (C=O) groups is 1. The normalized spacial score (nSPS) is 16.9. The molecule has 3 aromatic rings. The molecule has 0 atom stereocenters. The molecule has 1 aliphatic heterocycles. The Morgan fingerprint density at radius 2 is 1.89 bits per heavy atom.